The molecule has 2 saturated heterocycles. The zero-order chi connectivity index (χ0) is 20.8. The molecule has 4 rings (SSSR count). The summed E-state index contributed by atoms with van der Waals surface area (Å²) in [5, 5.41) is 0. The SMILES string of the molecule is CCC1COC1COCC1CCC(C2CCC(COCC3OCC3CC)CC2)CC1. The van der Waals surface area contributed by atoms with Crippen molar-refractivity contribution in [2.45, 2.75) is 90.3 Å². The Balaban J connectivity index is 1.04. The van der Waals surface area contributed by atoms with E-state index in [0.717, 1.165) is 75.1 Å². The topological polar surface area (TPSA) is 36.9 Å². The molecule has 30 heavy (non-hydrogen) atoms. The van der Waals surface area contributed by atoms with Gasteiger partial charge in [0.2, 0.25) is 0 Å². The van der Waals surface area contributed by atoms with Crippen LogP contribution in [0, 0.1) is 35.5 Å². The molecule has 0 amide bonds. The molecule has 2 aliphatic heterocycles. The molecule has 2 heterocycles. The molecule has 0 aromatic heterocycles. The third kappa shape index (κ3) is 5.99. The number of hydrogen-bond donors (Lipinski definition) is 0. The monoisotopic (exact) mass is 422 g/mol. The van der Waals surface area contributed by atoms with Crippen LogP contribution in [0.3, 0.4) is 0 Å². The lowest BCUT2D eigenvalue weighted by Gasteiger charge is -2.39. The smallest absolute Gasteiger partial charge is 0.0858 e. The first-order chi connectivity index (χ1) is 14.8. The summed E-state index contributed by atoms with van der Waals surface area (Å²) in [7, 11) is 0. The van der Waals surface area contributed by atoms with E-state index in [2.05, 4.69) is 13.8 Å². The van der Waals surface area contributed by atoms with E-state index in [1.807, 2.05) is 0 Å². The summed E-state index contributed by atoms with van der Waals surface area (Å²) in [6.45, 7) is 9.94. The van der Waals surface area contributed by atoms with E-state index in [0.29, 0.717) is 12.2 Å². The van der Waals surface area contributed by atoms with E-state index < -0.39 is 0 Å². The summed E-state index contributed by atoms with van der Waals surface area (Å²) in [5.41, 5.74) is 0. The standard InChI is InChI=1S/C26H46O4/c1-3-21-15-29-25(21)17-27-13-19-5-9-23(10-6-19)24-11-7-20(8-12-24)14-28-18-26-22(4-2)16-30-26/h19-26H,3-18H2,1-2H3. The molecule has 0 bridgehead atoms. The first-order valence-electron chi connectivity index (χ1n) is 13.1. The normalized spacial score (nSPS) is 41.8. The Morgan fingerprint density at radius 1 is 0.567 bits per heavy atom. The first-order valence-corrected chi connectivity index (χ1v) is 13.1. The third-order valence-corrected chi connectivity index (χ3v) is 8.87. The zero-order valence-corrected chi connectivity index (χ0v) is 19.6. The van der Waals surface area contributed by atoms with Crippen LogP contribution in [0.25, 0.3) is 0 Å². The highest BCUT2D eigenvalue weighted by Crippen LogP contribution is 2.41. The van der Waals surface area contributed by atoms with Gasteiger partial charge in [0.15, 0.2) is 0 Å². The quantitative estimate of drug-likeness (QED) is 0.442. The predicted molar refractivity (Wildman–Crippen MR) is 120 cm³/mol. The molecule has 4 aliphatic rings. The van der Waals surface area contributed by atoms with Gasteiger partial charge >= 0.3 is 0 Å². The van der Waals surface area contributed by atoms with Crippen LogP contribution >= 0.6 is 0 Å². The van der Waals surface area contributed by atoms with Gasteiger partial charge in [0, 0.05) is 25.0 Å². The molecule has 0 spiro atoms. The van der Waals surface area contributed by atoms with Crippen LogP contribution in [-0.2, 0) is 18.9 Å². The molecule has 2 aliphatic carbocycles. The Kier molecular flexibility index (Phi) is 8.92. The van der Waals surface area contributed by atoms with Gasteiger partial charge in [-0.3, -0.25) is 0 Å². The van der Waals surface area contributed by atoms with Crippen molar-refractivity contribution >= 4 is 0 Å². The molecule has 2 saturated carbocycles. The van der Waals surface area contributed by atoms with Crippen molar-refractivity contribution in [3.05, 3.63) is 0 Å². The summed E-state index contributed by atoms with van der Waals surface area (Å²) in [6.07, 6.45) is 14.4. The van der Waals surface area contributed by atoms with Gasteiger partial charge < -0.3 is 18.9 Å². The van der Waals surface area contributed by atoms with E-state index in [-0.39, 0.29) is 0 Å². The van der Waals surface area contributed by atoms with E-state index in [1.165, 1.54) is 64.2 Å². The fourth-order valence-corrected chi connectivity index (χ4v) is 6.22. The summed E-state index contributed by atoms with van der Waals surface area (Å²) in [6, 6.07) is 0. The minimum Gasteiger partial charge on any atom is -0.378 e. The highest BCUT2D eigenvalue weighted by molar-refractivity contribution is 4.83. The van der Waals surface area contributed by atoms with Crippen LogP contribution in [0.1, 0.15) is 78.1 Å². The highest BCUT2D eigenvalue weighted by atomic mass is 16.6. The minimum atomic E-state index is 0.375. The second-order valence-electron chi connectivity index (χ2n) is 10.7. The van der Waals surface area contributed by atoms with Gasteiger partial charge in [0.25, 0.3) is 0 Å². The Bertz CT molecular complexity index is 433. The fraction of sp³-hybridized carbons (Fsp3) is 1.00. The van der Waals surface area contributed by atoms with Crippen molar-refractivity contribution in [2.24, 2.45) is 35.5 Å². The third-order valence-electron chi connectivity index (χ3n) is 8.87. The first kappa shape index (κ1) is 23.0. The molecule has 174 valence electrons. The van der Waals surface area contributed by atoms with Gasteiger partial charge in [0.05, 0.1) is 38.6 Å². The Hall–Kier alpha value is -0.160. The maximum absolute atomic E-state index is 6.04. The molecule has 4 unspecified atom stereocenters. The van der Waals surface area contributed by atoms with E-state index in [4.69, 9.17) is 18.9 Å². The van der Waals surface area contributed by atoms with Crippen molar-refractivity contribution in [1.29, 1.82) is 0 Å². The Morgan fingerprint density at radius 2 is 0.967 bits per heavy atom. The predicted octanol–water partition coefficient (Wildman–Crippen LogP) is 5.48. The molecule has 4 nitrogen and oxygen atoms in total. The van der Waals surface area contributed by atoms with Crippen molar-refractivity contribution in [1.82, 2.24) is 0 Å². The Labute approximate surface area is 184 Å². The van der Waals surface area contributed by atoms with E-state index in [1.54, 1.807) is 0 Å². The average molecular weight is 423 g/mol. The molecule has 4 fully saturated rings. The van der Waals surface area contributed by atoms with Gasteiger partial charge in [-0.1, -0.05) is 13.8 Å². The van der Waals surface area contributed by atoms with Gasteiger partial charge in [-0.2, -0.15) is 0 Å². The number of rotatable bonds is 11. The molecular formula is C26H46O4. The Morgan fingerprint density at radius 3 is 1.27 bits per heavy atom. The van der Waals surface area contributed by atoms with Gasteiger partial charge in [0.1, 0.15) is 0 Å². The highest BCUT2D eigenvalue weighted by Gasteiger charge is 2.34. The molecule has 4 heteroatoms. The largest absolute Gasteiger partial charge is 0.378 e. The van der Waals surface area contributed by atoms with Crippen molar-refractivity contribution in [2.75, 3.05) is 39.6 Å². The second-order valence-corrected chi connectivity index (χ2v) is 10.7. The van der Waals surface area contributed by atoms with Crippen LogP contribution in [0.4, 0.5) is 0 Å². The summed E-state index contributed by atoms with van der Waals surface area (Å²) < 4.78 is 23.4. The van der Waals surface area contributed by atoms with E-state index in [9.17, 15) is 0 Å². The lowest BCUT2D eigenvalue weighted by atomic mass is 9.69. The van der Waals surface area contributed by atoms with E-state index >= 15 is 0 Å². The fourth-order valence-electron chi connectivity index (χ4n) is 6.22. The van der Waals surface area contributed by atoms with Gasteiger partial charge in [-0.25, -0.2) is 0 Å². The average Bonchev–Trinajstić information content (AvgIpc) is 2.74. The number of ether oxygens (including phenoxy) is 4. The second kappa shape index (κ2) is 11.6. The lowest BCUT2D eigenvalue weighted by molar-refractivity contribution is -0.150. The molecule has 0 aromatic carbocycles. The summed E-state index contributed by atoms with van der Waals surface area (Å²) in [5.74, 6) is 4.98. The zero-order valence-electron chi connectivity index (χ0n) is 19.6. The molecule has 4 atom stereocenters. The van der Waals surface area contributed by atoms with Crippen LogP contribution < -0.4 is 0 Å². The van der Waals surface area contributed by atoms with Crippen molar-refractivity contribution in [3.63, 3.8) is 0 Å². The molecule has 0 N–H and O–H groups in total. The maximum Gasteiger partial charge on any atom is 0.0858 e. The van der Waals surface area contributed by atoms with Crippen molar-refractivity contribution < 1.29 is 18.9 Å². The summed E-state index contributed by atoms with van der Waals surface area (Å²) in [4.78, 5) is 0. The van der Waals surface area contributed by atoms with Crippen LogP contribution in [0.5, 0.6) is 0 Å². The van der Waals surface area contributed by atoms with Gasteiger partial charge in [-0.15, -0.1) is 0 Å². The van der Waals surface area contributed by atoms with Crippen molar-refractivity contribution in [3.8, 4) is 0 Å². The number of hydrogen-bond acceptors (Lipinski definition) is 4. The molecule has 0 radical (unpaired) electrons. The summed E-state index contributed by atoms with van der Waals surface area (Å²) >= 11 is 0. The van der Waals surface area contributed by atoms with Crippen LogP contribution in [0.15, 0.2) is 0 Å². The van der Waals surface area contributed by atoms with Crippen LogP contribution in [0.2, 0.25) is 0 Å². The van der Waals surface area contributed by atoms with Gasteiger partial charge in [-0.05, 0) is 87.9 Å². The maximum atomic E-state index is 6.04. The molecular weight excluding hydrogens is 376 g/mol. The van der Waals surface area contributed by atoms with Crippen LogP contribution in [-0.4, -0.2) is 51.8 Å². The minimum absolute atomic E-state index is 0.375. The lowest BCUT2D eigenvalue weighted by Crippen LogP contribution is -2.43. The molecule has 0 aromatic rings.